The highest BCUT2D eigenvalue weighted by molar-refractivity contribution is 7.10. The summed E-state index contributed by atoms with van der Waals surface area (Å²) in [6, 6.07) is 8.93. The van der Waals surface area contributed by atoms with Crippen LogP contribution < -0.4 is 11.1 Å². The van der Waals surface area contributed by atoms with Gasteiger partial charge in [0.1, 0.15) is 5.00 Å². The number of carbonyl (C=O) groups excluding carboxylic acids is 1. The maximum Gasteiger partial charge on any atom is 0.276 e. The van der Waals surface area contributed by atoms with Gasteiger partial charge in [0, 0.05) is 17.7 Å². The minimum absolute atomic E-state index is 0.293. The van der Waals surface area contributed by atoms with E-state index in [2.05, 4.69) is 20.0 Å². The van der Waals surface area contributed by atoms with E-state index < -0.39 is 0 Å². The van der Waals surface area contributed by atoms with Gasteiger partial charge in [-0.3, -0.25) is 4.79 Å². The predicted molar refractivity (Wildman–Crippen MR) is 75.8 cm³/mol. The first kappa shape index (κ1) is 12.3. The van der Waals surface area contributed by atoms with Crippen molar-refractivity contribution in [2.75, 3.05) is 11.1 Å². The molecule has 7 nitrogen and oxygen atoms in total. The van der Waals surface area contributed by atoms with E-state index in [0.717, 1.165) is 17.2 Å². The number of para-hydroxylation sites is 2. The molecular weight excluding hydrogens is 276 g/mol. The number of benzene rings is 1. The Kier molecular flexibility index (Phi) is 3.13. The Morgan fingerprint density at radius 1 is 1.30 bits per heavy atom. The van der Waals surface area contributed by atoms with Crippen molar-refractivity contribution in [2.24, 2.45) is 0 Å². The molecule has 1 aromatic carbocycles. The lowest BCUT2D eigenvalue weighted by atomic mass is 10.3. The monoisotopic (exact) mass is 286 g/mol. The fourth-order valence-electron chi connectivity index (χ4n) is 1.67. The number of hydrogen-bond donors (Lipinski definition) is 2. The molecule has 0 saturated carbocycles. The number of aromatic nitrogens is 4. The molecule has 0 radical (unpaired) electrons. The molecule has 0 atom stereocenters. The van der Waals surface area contributed by atoms with Crippen molar-refractivity contribution in [1.82, 2.24) is 19.4 Å². The van der Waals surface area contributed by atoms with Crippen molar-refractivity contribution in [1.29, 1.82) is 0 Å². The van der Waals surface area contributed by atoms with Gasteiger partial charge in [0.2, 0.25) is 0 Å². The zero-order valence-electron chi connectivity index (χ0n) is 10.2. The van der Waals surface area contributed by atoms with Crippen molar-refractivity contribution in [2.45, 2.75) is 0 Å². The molecule has 0 saturated heterocycles. The van der Waals surface area contributed by atoms with Gasteiger partial charge >= 0.3 is 0 Å². The molecule has 0 spiro atoms. The molecule has 2 heterocycles. The van der Waals surface area contributed by atoms with Crippen molar-refractivity contribution in [3.05, 3.63) is 48.4 Å². The maximum absolute atomic E-state index is 12.0. The second-order valence-corrected chi connectivity index (χ2v) is 4.73. The van der Waals surface area contributed by atoms with Crippen molar-refractivity contribution in [3.63, 3.8) is 0 Å². The van der Waals surface area contributed by atoms with Crippen molar-refractivity contribution >= 4 is 28.1 Å². The van der Waals surface area contributed by atoms with E-state index in [-0.39, 0.29) is 5.91 Å². The van der Waals surface area contributed by atoms with Gasteiger partial charge in [0.25, 0.3) is 5.91 Å². The fraction of sp³-hybridized carbons (Fsp3) is 0. The third-order valence-electron chi connectivity index (χ3n) is 2.60. The lowest BCUT2D eigenvalue weighted by Crippen LogP contribution is -2.12. The van der Waals surface area contributed by atoms with Crippen LogP contribution in [0.25, 0.3) is 5.69 Å². The summed E-state index contributed by atoms with van der Waals surface area (Å²) in [6.07, 6.45) is 3.17. The van der Waals surface area contributed by atoms with Gasteiger partial charge in [-0.2, -0.15) is 5.10 Å². The lowest BCUT2D eigenvalue weighted by molar-refractivity contribution is 0.102. The van der Waals surface area contributed by atoms with Gasteiger partial charge in [-0.05, 0) is 18.2 Å². The molecule has 0 bridgehead atoms. The topological polar surface area (TPSA) is 98.7 Å². The summed E-state index contributed by atoms with van der Waals surface area (Å²) in [6.45, 7) is 0. The first-order valence-corrected chi connectivity index (χ1v) is 6.50. The summed E-state index contributed by atoms with van der Waals surface area (Å²) in [5, 5.41) is 11.1. The van der Waals surface area contributed by atoms with E-state index in [1.807, 2.05) is 18.2 Å². The van der Waals surface area contributed by atoms with Crippen LogP contribution in [-0.4, -0.2) is 25.3 Å². The summed E-state index contributed by atoms with van der Waals surface area (Å²) in [4.78, 5) is 12.0. The van der Waals surface area contributed by atoms with Crippen LogP contribution in [0.4, 0.5) is 10.7 Å². The smallest absolute Gasteiger partial charge is 0.276 e. The maximum atomic E-state index is 12.0. The first-order chi connectivity index (χ1) is 9.74. The van der Waals surface area contributed by atoms with E-state index in [9.17, 15) is 4.79 Å². The summed E-state index contributed by atoms with van der Waals surface area (Å²) in [7, 11) is 0. The minimum Gasteiger partial charge on any atom is -0.397 e. The Morgan fingerprint density at radius 2 is 2.15 bits per heavy atom. The normalized spacial score (nSPS) is 10.4. The van der Waals surface area contributed by atoms with Crippen LogP contribution in [0.3, 0.4) is 0 Å². The van der Waals surface area contributed by atoms with E-state index in [1.54, 1.807) is 23.0 Å². The number of nitrogen functional groups attached to an aromatic ring is 1. The number of hydrogen-bond acceptors (Lipinski definition) is 6. The molecular formula is C12H10N6OS. The fourth-order valence-corrected chi connectivity index (χ4v) is 2.09. The molecule has 8 heteroatoms. The molecule has 100 valence electrons. The quantitative estimate of drug-likeness (QED) is 0.712. The zero-order valence-corrected chi connectivity index (χ0v) is 11.0. The van der Waals surface area contributed by atoms with Crippen LogP contribution in [-0.2, 0) is 0 Å². The molecule has 3 N–H and O–H groups in total. The molecule has 3 aromatic rings. The van der Waals surface area contributed by atoms with Crippen molar-refractivity contribution < 1.29 is 4.79 Å². The standard InChI is InChI=1S/C12H10N6OS/c13-8-3-1-2-4-10(8)18-6-5-9(16-18)12(19)15-11-7-14-17-20-11/h1-7H,13H2,(H,15,19). The predicted octanol–water partition coefficient (Wildman–Crippen LogP) is 1.56. The Morgan fingerprint density at radius 3 is 2.90 bits per heavy atom. The summed E-state index contributed by atoms with van der Waals surface area (Å²) in [5.74, 6) is -0.315. The minimum atomic E-state index is -0.315. The molecule has 1 amide bonds. The lowest BCUT2D eigenvalue weighted by Gasteiger charge is -2.04. The second-order valence-electron chi connectivity index (χ2n) is 3.94. The third-order valence-corrected chi connectivity index (χ3v) is 3.18. The van der Waals surface area contributed by atoms with Gasteiger partial charge in [-0.15, -0.1) is 5.10 Å². The number of rotatable bonds is 3. The molecule has 0 aliphatic rings. The van der Waals surface area contributed by atoms with Crippen LogP contribution in [0.5, 0.6) is 0 Å². The largest absolute Gasteiger partial charge is 0.397 e. The van der Waals surface area contributed by atoms with Crippen LogP contribution >= 0.6 is 11.5 Å². The van der Waals surface area contributed by atoms with E-state index >= 15 is 0 Å². The van der Waals surface area contributed by atoms with E-state index in [1.165, 1.54) is 6.20 Å². The Balaban J connectivity index is 1.83. The van der Waals surface area contributed by atoms with Gasteiger partial charge < -0.3 is 11.1 Å². The molecule has 0 unspecified atom stereocenters. The molecule has 0 aliphatic heterocycles. The Bertz CT molecular complexity index is 736. The number of nitrogens with one attached hydrogen (secondary N) is 1. The van der Waals surface area contributed by atoms with Gasteiger partial charge in [-0.1, -0.05) is 16.6 Å². The molecule has 0 aliphatic carbocycles. The van der Waals surface area contributed by atoms with Crippen molar-refractivity contribution in [3.8, 4) is 5.69 Å². The van der Waals surface area contributed by atoms with Crippen LogP contribution in [0, 0.1) is 0 Å². The second kappa shape index (κ2) is 5.10. The molecule has 3 rings (SSSR count). The van der Waals surface area contributed by atoms with Gasteiger partial charge in [0.15, 0.2) is 5.69 Å². The van der Waals surface area contributed by atoms with Crippen LogP contribution in [0.1, 0.15) is 10.5 Å². The third kappa shape index (κ3) is 2.36. The number of nitrogens with two attached hydrogens (primary N) is 1. The molecule has 2 aromatic heterocycles. The Hall–Kier alpha value is -2.74. The number of amides is 1. The average molecular weight is 286 g/mol. The van der Waals surface area contributed by atoms with Gasteiger partial charge in [-0.25, -0.2) is 4.68 Å². The van der Waals surface area contributed by atoms with Gasteiger partial charge in [0.05, 0.1) is 17.6 Å². The van der Waals surface area contributed by atoms with Crippen LogP contribution in [0.15, 0.2) is 42.7 Å². The molecule has 20 heavy (non-hydrogen) atoms. The highest BCUT2D eigenvalue weighted by atomic mass is 32.1. The van der Waals surface area contributed by atoms with Crippen LogP contribution in [0.2, 0.25) is 0 Å². The zero-order chi connectivity index (χ0) is 13.9. The van der Waals surface area contributed by atoms with E-state index in [4.69, 9.17) is 5.73 Å². The number of nitrogens with zero attached hydrogens (tertiary/aromatic N) is 4. The highest BCUT2D eigenvalue weighted by Crippen LogP contribution is 2.16. The summed E-state index contributed by atoms with van der Waals surface area (Å²) >= 11 is 1.10. The Labute approximate surface area is 118 Å². The first-order valence-electron chi connectivity index (χ1n) is 5.73. The number of carbonyl (C=O) groups is 1. The SMILES string of the molecule is Nc1ccccc1-n1ccc(C(=O)Nc2cnns2)n1. The molecule has 0 fully saturated rings. The number of anilines is 2. The summed E-state index contributed by atoms with van der Waals surface area (Å²) in [5.41, 5.74) is 7.48. The highest BCUT2D eigenvalue weighted by Gasteiger charge is 2.12. The summed E-state index contributed by atoms with van der Waals surface area (Å²) < 4.78 is 5.23. The average Bonchev–Trinajstić information content (AvgIpc) is 3.10. The van der Waals surface area contributed by atoms with E-state index in [0.29, 0.717) is 16.4 Å².